The molecule has 0 radical (unpaired) electrons. The first kappa shape index (κ1) is 19.3. The van der Waals surface area contributed by atoms with E-state index in [2.05, 4.69) is 0 Å². The summed E-state index contributed by atoms with van der Waals surface area (Å²) >= 11 is 0. The molecule has 0 aliphatic heterocycles. The van der Waals surface area contributed by atoms with Crippen LogP contribution in [0.2, 0.25) is 0 Å². The molecule has 0 aromatic heterocycles. The molecule has 0 saturated heterocycles. The molecule has 0 fully saturated rings. The average Bonchev–Trinajstić information content (AvgIpc) is 2.53. The Morgan fingerprint density at radius 3 is 2.42 bits per heavy atom. The zero-order valence-electron chi connectivity index (χ0n) is 13.2. The van der Waals surface area contributed by atoms with E-state index >= 15 is 0 Å². The van der Waals surface area contributed by atoms with Crippen molar-refractivity contribution in [2.45, 2.75) is 6.61 Å². The second-order valence-corrected chi connectivity index (χ2v) is 6.92. The van der Waals surface area contributed by atoms with Gasteiger partial charge in [-0.15, -0.1) is 0 Å². The van der Waals surface area contributed by atoms with Gasteiger partial charge in [0.2, 0.25) is 10.0 Å². The number of ether oxygens (including phenoxy) is 1. The van der Waals surface area contributed by atoms with Gasteiger partial charge >= 0.3 is 0 Å². The third-order valence-corrected chi connectivity index (χ3v) is 3.67. The molecule has 136 valence electrons. The highest BCUT2D eigenvalue weighted by Crippen LogP contribution is 2.20. The topological polar surface area (TPSA) is 96.3 Å². The van der Waals surface area contributed by atoms with E-state index in [-0.39, 0.29) is 16.9 Å². The summed E-state index contributed by atoms with van der Waals surface area (Å²) in [6.07, 6.45) is 0.693. The van der Waals surface area contributed by atoms with Crippen molar-refractivity contribution in [2.24, 2.45) is 0 Å². The Bertz CT molecular complexity index is 1020. The molecule has 0 unspecified atom stereocenters. The lowest BCUT2D eigenvalue weighted by atomic mass is 10.1. The minimum atomic E-state index is -3.94. The van der Waals surface area contributed by atoms with Crippen molar-refractivity contribution < 1.29 is 31.1 Å². The Labute approximate surface area is 146 Å². The minimum absolute atomic E-state index is 0.0137. The number of rotatable bonds is 5. The Hall–Kier alpha value is -3.06. The quantitative estimate of drug-likeness (QED) is 0.853. The van der Waals surface area contributed by atoms with Crippen molar-refractivity contribution in [2.75, 3.05) is 6.26 Å². The molecular formula is C16H11F3N2O4S. The van der Waals surface area contributed by atoms with Gasteiger partial charge in [-0.1, -0.05) is 0 Å². The number of nitrogens with one attached hydrogen (secondary N) is 1. The van der Waals surface area contributed by atoms with Gasteiger partial charge in [0.05, 0.1) is 17.4 Å². The molecule has 0 spiro atoms. The largest absolute Gasteiger partial charge is 0.489 e. The molecule has 2 aromatic carbocycles. The molecule has 1 N–H and O–H groups in total. The number of benzene rings is 2. The Morgan fingerprint density at radius 1 is 1.15 bits per heavy atom. The SMILES string of the molecule is CS(=O)(=O)NC(=O)c1cc(F)c(COc2ccc(C#N)c(F)c2)cc1F. The number of nitrogens with zero attached hydrogens (tertiary/aromatic N) is 1. The standard InChI is InChI=1S/C16H11F3N2O4S/c1-26(23,24)21-16(22)12-6-14(18)10(4-15(12)19)8-25-11-3-2-9(7-20)13(17)5-11/h2-6H,8H2,1H3,(H,21,22). The highest BCUT2D eigenvalue weighted by Gasteiger charge is 2.19. The van der Waals surface area contributed by atoms with Gasteiger partial charge in [-0.25, -0.2) is 26.3 Å². The Morgan fingerprint density at radius 2 is 1.85 bits per heavy atom. The average molecular weight is 384 g/mol. The molecule has 26 heavy (non-hydrogen) atoms. The summed E-state index contributed by atoms with van der Waals surface area (Å²) in [5.41, 5.74) is -1.26. The molecule has 0 heterocycles. The van der Waals surface area contributed by atoms with Crippen molar-refractivity contribution in [1.29, 1.82) is 5.26 Å². The molecule has 0 aliphatic carbocycles. The number of carbonyl (C=O) groups excluding carboxylic acids is 1. The molecule has 0 saturated carbocycles. The molecule has 6 nitrogen and oxygen atoms in total. The second kappa shape index (κ2) is 7.45. The first-order valence-corrected chi connectivity index (χ1v) is 8.82. The zero-order valence-corrected chi connectivity index (χ0v) is 14.0. The lowest BCUT2D eigenvalue weighted by Gasteiger charge is -2.10. The third kappa shape index (κ3) is 4.73. The van der Waals surface area contributed by atoms with E-state index in [1.54, 1.807) is 6.07 Å². The lowest BCUT2D eigenvalue weighted by molar-refractivity contribution is 0.0977. The van der Waals surface area contributed by atoms with Crippen LogP contribution in [-0.2, 0) is 16.6 Å². The van der Waals surface area contributed by atoms with E-state index in [0.717, 1.165) is 6.07 Å². The van der Waals surface area contributed by atoms with Crippen LogP contribution < -0.4 is 9.46 Å². The molecule has 1 amide bonds. The Balaban J connectivity index is 2.19. The van der Waals surface area contributed by atoms with E-state index in [4.69, 9.17) is 10.00 Å². The monoisotopic (exact) mass is 384 g/mol. The highest BCUT2D eigenvalue weighted by molar-refractivity contribution is 7.89. The van der Waals surface area contributed by atoms with E-state index in [1.807, 2.05) is 0 Å². The molecule has 0 atom stereocenters. The number of halogens is 3. The van der Waals surface area contributed by atoms with Crippen LogP contribution >= 0.6 is 0 Å². The fourth-order valence-corrected chi connectivity index (χ4v) is 2.38. The molecular weight excluding hydrogens is 373 g/mol. The maximum absolute atomic E-state index is 14.0. The number of hydrogen-bond donors (Lipinski definition) is 1. The van der Waals surface area contributed by atoms with Crippen molar-refractivity contribution in [3.63, 3.8) is 0 Å². The number of carbonyl (C=O) groups is 1. The first-order valence-electron chi connectivity index (χ1n) is 6.93. The van der Waals surface area contributed by atoms with Gasteiger partial charge in [-0.05, 0) is 24.3 Å². The van der Waals surface area contributed by atoms with Gasteiger partial charge in [-0.2, -0.15) is 5.26 Å². The summed E-state index contributed by atoms with van der Waals surface area (Å²) in [5.74, 6) is -4.33. The molecule has 0 aliphatic rings. The van der Waals surface area contributed by atoms with Gasteiger partial charge in [0.1, 0.15) is 35.9 Å². The Kier molecular flexibility index (Phi) is 5.52. The van der Waals surface area contributed by atoms with Crippen LogP contribution in [0.15, 0.2) is 30.3 Å². The molecule has 0 bridgehead atoms. The lowest BCUT2D eigenvalue weighted by Crippen LogP contribution is -2.30. The second-order valence-electron chi connectivity index (χ2n) is 5.17. The van der Waals surface area contributed by atoms with Gasteiger partial charge in [0, 0.05) is 11.6 Å². The highest BCUT2D eigenvalue weighted by atomic mass is 32.2. The van der Waals surface area contributed by atoms with Crippen LogP contribution in [-0.4, -0.2) is 20.6 Å². The molecule has 2 rings (SSSR count). The van der Waals surface area contributed by atoms with Gasteiger partial charge < -0.3 is 4.74 Å². The van der Waals surface area contributed by atoms with Gasteiger partial charge in [0.25, 0.3) is 5.91 Å². The fraction of sp³-hybridized carbons (Fsp3) is 0.125. The number of hydrogen-bond acceptors (Lipinski definition) is 5. The van der Waals surface area contributed by atoms with Crippen LogP contribution in [0.1, 0.15) is 21.5 Å². The summed E-state index contributed by atoms with van der Waals surface area (Å²) in [6, 6.07) is 6.20. The van der Waals surface area contributed by atoms with Crippen LogP contribution in [0.25, 0.3) is 0 Å². The third-order valence-electron chi connectivity index (χ3n) is 3.11. The number of amides is 1. The number of nitriles is 1. The normalized spacial score (nSPS) is 10.9. The first-order chi connectivity index (χ1) is 12.1. The van der Waals surface area contributed by atoms with Gasteiger partial charge in [-0.3, -0.25) is 4.79 Å². The maximum Gasteiger partial charge on any atom is 0.267 e. The van der Waals surface area contributed by atoms with E-state index in [0.29, 0.717) is 18.4 Å². The number of sulfonamides is 1. The maximum atomic E-state index is 14.0. The molecule has 10 heteroatoms. The summed E-state index contributed by atoms with van der Waals surface area (Å²) in [6.45, 7) is -0.484. The smallest absolute Gasteiger partial charge is 0.267 e. The predicted octanol–water partition coefficient (Wildman–Crippen LogP) is 2.24. The van der Waals surface area contributed by atoms with Crippen molar-refractivity contribution in [3.8, 4) is 11.8 Å². The zero-order chi connectivity index (χ0) is 19.5. The van der Waals surface area contributed by atoms with Crippen LogP contribution in [0.5, 0.6) is 5.75 Å². The van der Waals surface area contributed by atoms with E-state index < -0.39 is 45.6 Å². The van der Waals surface area contributed by atoms with Crippen LogP contribution in [0.4, 0.5) is 13.2 Å². The van der Waals surface area contributed by atoms with Crippen molar-refractivity contribution in [3.05, 3.63) is 64.5 Å². The van der Waals surface area contributed by atoms with Crippen LogP contribution in [0.3, 0.4) is 0 Å². The summed E-state index contributed by atoms with van der Waals surface area (Å²) in [4.78, 5) is 11.6. The van der Waals surface area contributed by atoms with Crippen LogP contribution in [0, 0.1) is 28.8 Å². The van der Waals surface area contributed by atoms with E-state index in [1.165, 1.54) is 16.9 Å². The van der Waals surface area contributed by atoms with Crippen molar-refractivity contribution in [1.82, 2.24) is 4.72 Å². The molecule has 2 aromatic rings. The van der Waals surface area contributed by atoms with Gasteiger partial charge in [0.15, 0.2) is 0 Å². The predicted molar refractivity (Wildman–Crippen MR) is 84.1 cm³/mol. The fourth-order valence-electron chi connectivity index (χ4n) is 1.93. The minimum Gasteiger partial charge on any atom is -0.489 e. The summed E-state index contributed by atoms with van der Waals surface area (Å²) < 4.78 is 70.1. The summed E-state index contributed by atoms with van der Waals surface area (Å²) in [7, 11) is -3.94. The summed E-state index contributed by atoms with van der Waals surface area (Å²) in [5, 5.41) is 8.63. The van der Waals surface area contributed by atoms with Crippen molar-refractivity contribution >= 4 is 15.9 Å². The van der Waals surface area contributed by atoms with E-state index in [9.17, 15) is 26.4 Å².